The van der Waals surface area contributed by atoms with Gasteiger partial charge in [-0.05, 0) is 38.1 Å². The quantitative estimate of drug-likeness (QED) is 0.575. The zero-order valence-electron chi connectivity index (χ0n) is 13.6. The third kappa shape index (κ3) is 2.90. The Hall–Kier alpha value is -2.66. The van der Waals surface area contributed by atoms with Crippen LogP contribution in [0.25, 0.3) is 16.9 Å². The zero-order valence-corrected chi connectivity index (χ0v) is 14.4. The third-order valence-electron chi connectivity index (χ3n) is 3.94. The van der Waals surface area contributed by atoms with E-state index < -0.39 is 0 Å². The second-order valence-corrected chi connectivity index (χ2v) is 6.75. The van der Waals surface area contributed by atoms with Crippen LogP contribution in [0.15, 0.2) is 60.2 Å². The molecular weight excluding hydrogens is 316 g/mol. The number of anilines is 1. The maximum Gasteiger partial charge on any atom is 0.137 e. The number of rotatable bonds is 4. The average molecular weight is 334 g/mol. The molecule has 3 aromatic heterocycles. The highest BCUT2D eigenvalue weighted by molar-refractivity contribution is 7.09. The van der Waals surface area contributed by atoms with Crippen molar-refractivity contribution < 1.29 is 0 Å². The van der Waals surface area contributed by atoms with Gasteiger partial charge in [-0.15, -0.1) is 11.3 Å². The minimum atomic E-state index is 0.199. The number of hydrogen-bond donors (Lipinski definition) is 1. The van der Waals surface area contributed by atoms with Crippen LogP contribution in [-0.4, -0.2) is 14.4 Å². The Kier molecular flexibility index (Phi) is 3.78. The molecule has 1 N–H and O–H groups in total. The van der Waals surface area contributed by atoms with Gasteiger partial charge in [0.25, 0.3) is 0 Å². The van der Waals surface area contributed by atoms with Crippen LogP contribution in [0.4, 0.5) is 5.69 Å². The number of thiazole rings is 1. The van der Waals surface area contributed by atoms with E-state index in [0.717, 1.165) is 33.3 Å². The summed E-state index contributed by atoms with van der Waals surface area (Å²) in [6.45, 7) is 4.16. The number of hydrogen-bond acceptors (Lipinski definition) is 4. The minimum Gasteiger partial charge on any atom is -0.376 e. The smallest absolute Gasteiger partial charge is 0.137 e. The topological polar surface area (TPSA) is 42.2 Å². The van der Waals surface area contributed by atoms with Gasteiger partial charge in [0.15, 0.2) is 0 Å². The SMILES string of the molecule is Cc1csc(C(C)Nc2ccc(-c3cn4ccccc4n3)cc2)n1. The molecule has 1 aromatic carbocycles. The van der Waals surface area contributed by atoms with Crippen molar-refractivity contribution in [3.8, 4) is 11.3 Å². The summed E-state index contributed by atoms with van der Waals surface area (Å²) >= 11 is 1.69. The average Bonchev–Trinajstić information content (AvgIpc) is 3.21. The number of pyridine rings is 1. The number of nitrogens with zero attached hydrogens (tertiary/aromatic N) is 3. The fraction of sp³-hybridized carbons (Fsp3) is 0.158. The van der Waals surface area contributed by atoms with Crippen LogP contribution in [0.3, 0.4) is 0 Å². The van der Waals surface area contributed by atoms with Crippen LogP contribution in [0, 0.1) is 6.92 Å². The molecular formula is C19H18N4S. The van der Waals surface area contributed by atoms with Gasteiger partial charge in [-0.3, -0.25) is 0 Å². The van der Waals surface area contributed by atoms with Crippen LogP contribution in [0.2, 0.25) is 0 Å². The van der Waals surface area contributed by atoms with Gasteiger partial charge in [0.05, 0.1) is 11.7 Å². The highest BCUT2D eigenvalue weighted by Gasteiger charge is 2.10. The Morgan fingerprint density at radius 1 is 1.08 bits per heavy atom. The summed E-state index contributed by atoms with van der Waals surface area (Å²) < 4.78 is 2.04. The minimum absolute atomic E-state index is 0.199. The molecule has 0 saturated heterocycles. The lowest BCUT2D eigenvalue weighted by Gasteiger charge is -2.13. The van der Waals surface area contributed by atoms with E-state index in [1.165, 1.54) is 0 Å². The van der Waals surface area contributed by atoms with Gasteiger partial charge in [0.1, 0.15) is 10.7 Å². The molecule has 0 aliphatic heterocycles. The first-order valence-electron chi connectivity index (χ1n) is 7.92. The Labute approximate surface area is 144 Å². The van der Waals surface area contributed by atoms with Gasteiger partial charge in [-0.2, -0.15) is 0 Å². The molecule has 0 bridgehead atoms. The number of fused-ring (bicyclic) bond motifs is 1. The van der Waals surface area contributed by atoms with E-state index in [1.807, 2.05) is 35.7 Å². The summed E-state index contributed by atoms with van der Waals surface area (Å²) in [4.78, 5) is 9.20. The van der Waals surface area contributed by atoms with Gasteiger partial charge < -0.3 is 9.72 Å². The third-order valence-corrected chi connectivity index (χ3v) is 5.08. The Bertz CT molecular complexity index is 935. The number of aromatic nitrogens is 3. The summed E-state index contributed by atoms with van der Waals surface area (Å²) in [6.07, 6.45) is 4.07. The summed E-state index contributed by atoms with van der Waals surface area (Å²) in [5.41, 5.74) is 5.22. The Balaban J connectivity index is 1.54. The number of benzene rings is 1. The van der Waals surface area contributed by atoms with E-state index in [2.05, 4.69) is 58.1 Å². The van der Waals surface area contributed by atoms with Crippen LogP contribution < -0.4 is 5.32 Å². The second kappa shape index (κ2) is 6.09. The van der Waals surface area contributed by atoms with Crippen molar-refractivity contribution in [2.75, 3.05) is 5.32 Å². The first kappa shape index (κ1) is 14.9. The van der Waals surface area contributed by atoms with Crippen molar-refractivity contribution in [3.63, 3.8) is 0 Å². The molecule has 1 atom stereocenters. The number of imidazole rings is 1. The lowest BCUT2D eigenvalue weighted by Crippen LogP contribution is -2.06. The van der Waals surface area contributed by atoms with Crippen LogP contribution in [0.5, 0.6) is 0 Å². The van der Waals surface area contributed by atoms with Crippen molar-refractivity contribution >= 4 is 22.7 Å². The molecule has 0 radical (unpaired) electrons. The first-order chi connectivity index (χ1) is 11.7. The molecule has 0 aliphatic rings. The van der Waals surface area contributed by atoms with E-state index in [4.69, 9.17) is 0 Å². The molecule has 4 nitrogen and oxygen atoms in total. The Morgan fingerprint density at radius 2 is 1.92 bits per heavy atom. The Morgan fingerprint density at radius 3 is 2.62 bits per heavy atom. The number of aryl methyl sites for hydroxylation is 1. The molecule has 4 aromatic rings. The summed E-state index contributed by atoms with van der Waals surface area (Å²) in [5.74, 6) is 0. The van der Waals surface area contributed by atoms with E-state index in [9.17, 15) is 0 Å². The molecule has 0 saturated carbocycles. The van der Waals surface area contributed by atoms with Crippen molar-refractivity contribution in [2.45, 2.75) is 19.9 Å². The molecule has 0 spiro atoms. The zero-order chi connectivity index (χ0) is 16.5. The predicted octanol–water partition coefficient (Wildman–Crippen LogP) is 4.94. The fourth-order valence-electron chi connectivity index (χ4n) is 2.69. The monoisotopic (exact) mass is 334 g/mol. The molecule has 0 amide bonds. The summed E-state index contributed by atoms with van der Waals surface area (Å²) in [6, 6.07) is 14.6. The van der Waals surface area contributed by atoms with E-state index >= 15 is 0 Å². The summed E-state index contributed by atoms with van der Waals surface area (Å²) in [7, 11) is 0. The molecule has 3 heterocycles. The molecule has 4 rings (SSSR count). The van der Waals surface area contributed by atoms with Crippen LogP contribution in [0.1, 0.15) is 23.7 Å². The van der Waals surface area contributed by atoms with E-state index in [1.54, 1.807) is 11.3 Å². The summed E-state index contributed by atoms with van der Waals surface area (Å²) in [5, 5.41) is 6.69. The fourth-order valence-corrected chi connectivity index (χ4v) is 3.50. The van der Waals surface area contributed by atoms with Crippen molar-refractivity contribution in [3.05, 3.63) is 70.9 Å². The maximum atomic E-state index is 4.66. The van der Waals surface area contributed by atoms with Crippen molar-refractivity contribution in [1.82, 2.24) is 14.4 Å². The predicted molar refractivity (Wildman–Crippen MR) is 99.5 cm³/mol. The largest absolute Gasteiger partial charge is 0.376 e. The molecule has 24 heavy (non-hydrogen) atoms. The normalized spacial score (nSPS) is 12.4. The van der Waals surface area contributed by atoms with Gasteiger partial charge >= 0.3 is 0 Å². The second-order valence-electron chi connectivity index (χ2n) is 5.86. The molecule has 0 fully saturated rings. The highest BCUT2D eigenvalue weighted by atomic mass is 32.1. The molecule has 1 unspecified atom stereocenters. The standard InChI is InChI=1S/C19H18N4S/c1-13-12-24-19(20-13)14(2)21-16-8-6-15(7-9-16)17-11-23-10-4-3-5-18(23)22-17/h3-12,14,21H,1-2H3. The van der Waals surface area contributed by atoms with E-state index in [0.29, 0.717) is 0 Å². The van der Waals surface area contributed by atoms with Gasteiger partial charge in [0, 0.05) is 34.7 Å². The van der Waals surface area contributed by atoms with Crippen LogP contribution in [-0.2, 0) is 0 Å². The molecule has 120 valence electrons. The first-order valence-corrected chi connectivity index (χ1v) is 8.80. The highest BCUT2D eigenvalue weighted by Crippen LogP contribution is 2.25. The number of nitrogens with one attached hydrogen (secondary N) is 1. The molecule has 0 aliphatic carbocycles. The lowest BCUT2D eigenvalue weighted by atomic mass is 10.1. The van der Waals surface area contributed by atoms with Gasteiger partial charge in [0.2, 0.25) is 0 Å². The lowest BCUT2D eigenvalue weighted by molar-refractivity contribution is 0.864. The van der Waals surface area contributed by atoms with E-state index in [-0.39, 0.29) is 6.04 Å². The van der Waals surface area contributed by atoms with Gasteiger partial charge in [-0.25, -0.2) is 9.97 Å². The van der Waals surface area contributed by atoms with Gasteiger partial charge in [-0.1, -0.05) is 18.2 Å². The van der Waals surface area contributed by atoms with Crippen LogP contribution >= 0.6 is 11.3 Å². The maximum absolute atomic E-state index is 4.66. The van der Waals surface area contributed by atoms with Crippen molar-refractivity contribution in [2.24, 2.45) is 0 Å². The molecule has 5 heteroatoms. The van der Waals surface area contributed by atoms with Crippen molar-refractivity contribution in [1.29, 1.82) is 0 Å².